The second-order valence-corrected chi connectivity index (χ2v) is 7.12. The Morgan fingerprint density at radius 3 is 2.74 bits per heavy atom. The van der Waals surface area contributed by atoms with Crippen molar-refractivity contribution in [3.05, 3.63) is 43.0 Å². The molecule has 7 nitrogen and oxygen atoms in total. The summed E-state index contributed by atoms with van der Waals surface area (Å²) in [4.78, 5) is 11.2. The normalized spacial score (nSPS) is 15.7. The first-order valence-electron chi connectivity index (χ1n) is 9.29. The van der Waals surface area contributed by atoms with Crippen molar-refractivity contribution < 1.29 is 4.74 Å². The molecule has 5 rings (SSSR count). The minimum atomic E-state index is 0.221. The zero-order valence-corrected chi connectivity index (χ0v) is 15.5. The van der Waals surface area contributed by atoms with E-state index in [9.17, 15) is 0 Å². The van der Waals surface area contributed by atoms with Gasteiger partial charge in [-0.05, 0) is 18.2 Å². The highest BCUT2D eigenvalue weighted by atomic mass is 16.5. The van der Waals surface area contributed by atoms with Gasteiger partial charge in [-0.25, -0.2) is 9.97 Å². The molecule has 0 radical (unpaired) electrons. The molecule has 0 atom stereocenters. The highest BCUT2D eigenvalue weighted by Crippen LogP contribution is 2.30. The van der Waals surface area contributed by atoms with Crippen molar-refractivity contribution in [1.29, 1.82) is 0 Å². The third-order valence-electron chi connectivity index (χ3n) is 5.43. The van der Waals surface area contributed by atoms with Crippen molar-refractivity contribution in [2.24, 2.45) is 14.1 Å². The van der Waals surface area contributed by atoms with Crippen molar-refractivity contribution in [1.82, 2.24) is 24.3 Å². The van der Waals surface area contributed by atoms with Gasteiger partial charge in [0.2, 0.25) is 0 Å². The monoisotopic (exact) mass is 362 g/mol. The largest absolute Gasteiger partial charge is 0.490 e. The molecule has 138 valence electrons. The molecule has 4 aromatic rings. The molecule has 0 amide bonds. The summed E-state index contributed by atoms with van der Waals surface area (Å²) in [6.07, 6.45) is 7.71. The minimum Gasteiger partial charge on any atom is -0.490 e. The number of fused-ring (bicyclic) bond motifs is 2. The van der Waals surface area contributed by atoms with Crippen LogP contribution in [0.25, 0.3) is 21.9 Å². The first-order chi connectivity index (χ1) is 13.2. The summed E-state index contributed by atoms with van der Waals surface area (Å²) < 4.78 is 10.3. The van der Waals surface area contributed by atoms with Gasteiger partial charge < -0.3 is 14.2 Å². The molecule has 7 heteroatoms. The van der Waals surface area contributed by atoms with Crippen molar-refractivity contribution in [2.45, 2.75) is 18.9 Å². The fourth-order valence-electron chi connectivity index (χ4n) is 3.94. The standard InChI is InChI=1S/C20H22N6O/c1-24-9-8-15-17(24)4-3-5-18(15)27-14-6-10-26(11-7-14)20-16-12-23-25(2)19(16)21-13-22-20/h3-5,8-9,12-14H,6-7,10-11H2,1-2H3. The summed E-state index contributed by atoms with van der Waals surface area (Å²) in [6.45, 7) is 1.83. The summed E-state index contributed by atoms with van der Waals surface area (Å²) >= 11 is 0. The molecule has 0 N–H and O–H groups in total. The van der Waals surface area contributed by atoms with E-state index in [1.165, 1.54) is 10.9 Å². The summed E-state index contributed by atoms with van der Waals surface area (Å²) in [5.74, 6) is 1.94. The Kier molecular flexibility index (Phi) is 3.74. The number of ether oxygens (including phenoxy) is 1. The number of anilines is 1. The topological polar surface area (TPSA) is 61.0 Å². The van der Waals surface area contributed by atoms with Crippen LogP contribution in [0.5, 0.6) is 5.75 Å². The number of aryl methyl sites for hydroxylation is 2. The average Bonchev–Trinajstić information content (AvgIpc) is 3.27. The van der Waals surface area contributed by atoms with Crippen LogP contribution in [0.15, 0.2) is 43.0 Å². The second-order valence-electron chi connectivity index (χ2n) is 7.12. The van der Waals surface area contributed by atoms with E-state index in [4.69, 9.17) is 4.74 Å². The Morgan fingerprint density at radius 2 is 1.89 bits per heavy atom. The van der Waals surface area contributed by atoms with Gasteiger partial charge in [-0.3, -0.25) is 4.68 Å². The minimum absolute atomic E-state index is 0.221. The molecule has 1 aliphatic heterocycles. The predicted octanol–water partition coefficient (Wildman–Crippen LogP) is 2.90. The van der Waals surface area contributed by atoms with Crippen LogP contribution >= 0.6 is 0 Å². The summed E-state index contributed by atoms with van der Waals surface area (Å²) in [7, 11) is 3.97. The molecule has 0 bridgehead atoms. The van der Waals surface area contributed by atoms with Gasteiger partial charge in [0.1, 0.15) is 24.0 Å². The van der Waals surface area contributed by atoms with Gasteiger partial charge in [-0.15, -0.1) is 0 Å². The lowest BCUT2D eigenvalue weighted by molar-refractivity contribution is 0.173. The van der Waals surface area contributed by atoms with Gasteiger partial charge in [0.25, 0.3) is 0 Å². The number of aromatic nitrogens is 5. The lowest BCUT2D eigenvalue weighted by atomic mass is 10.1. The van der Waals surface area contributed by atoms with Crippen molar-refractivity contribution >= 4 is 27.8 Å². The van der Waals surface area contributed by atoms with Crippen LogP contribution in [0.1, 0.15) is 12.8 Å². The number of nitrogens with zero attached hydrogens (tertiary/aromatic N) is 6. The highest BCUT2D eigenvalue weighted by molar-refractivity contribution is 5.87. The molecule has 1 aromatic carbocycles. The maximum absolute atomic E-state index is 6.37. The SMILES string of the molecule is Cn1ccc2c(OC3CCN(c4ncnc5c4cnn5C)CC3)cccc21. The van der Waals surface area contributed by atoms with Gasteiger partial charge >= 0.3 is 0 Å². The number of piperidine rings is 1. The number of benzene rings is 1. The van der Waals surface area contributed by atoms with Crippen LogP contribution in [0, 0.1) is 0 Å². The predicted molar refractivity (Wildman–Crippen MR) is 105 cm³/mol. The van der Waals surface area contributed by atoms with Gasteiger partial charge in [0, 0.05) is 51.6 Å². The van der Waals surface area contributed by atoms with Crippen molar-refractivity contribution in [3.8, 4) is 5.75 Å². The van der Waals surface area contributed by atoms with E-state index in [1.807, 2.05) is 13.2 Å². The molecular weight excluding hydrogens is 340 g/mol. The van der Waals surface area contributed by atoms with E-state index in [0.717, 1.165) is 48.5 Å². The maximum atomic E-state index is 6.37. The molecule has 1 saturated heterocycles. The van der Waals surface area contributed by atoms with E-state index in [2.05, 4.69) is 62.0 Å². The second kappa shape index (κ2) is 6.26. The zero-order valence-electron chi connectivity index (χ0n) is 15.5. The molecule has 0 saturated carbocycles. The lowest BCUT2D eigenvalue weighted by Gasteiger charge is -2.33. The highest BCUT2D eigenvalue weighted by Gasteiger charge is 2.24. The van der Waals surface area contributed by atoms with E-state index in [1.54, 1.807) is 11.0 Å². The van der Waals surface area contributed by atoms with Gasteiger partial charge in [0.05, 0.1) is 17.1 Å². The molecule has 27 heavy (non-hydrogen) atoms. The first-order valence-corrected chi connectivity index (χ1v) is 9.29. The van der Waals surface area contributed by atoms with Crippen LogP contribution in [0.4, 0.5) is 5.82 Å². The van der Waals surface area contributed by atoms with E-state index < -0.39 is 0 Å². The third kappa shape index (κ3) is 2.70. The molecule has 1 aliphatic rings. The Labute approximate surface area is 157 Å². The van der Waals surface area contributed by atoms with Gasteiger partial charge in [-0.2, -0.15) is 5.10 Å². The molecule has 4 heterocycles. The van der Waals surface area contributed by atoms with E-state index >= 15 is 0 Å². The third-order valence-corrected chi connectivity index (χ3v) is 5.43. The Morgan fingerprint density at radius 1 is 1.04 bits per heavy atom. The first kappa shape index (κ1) is 16.1. The van der Waals surface area contributed by atoms with Crippen molar-refractivity contribution in [3.63, 3.8) is 0 Å². The quantitative estimate of drug-likeness (QED) is 0.561. The Bertz CT molecular complexity index is 1110. The molecule has 0 spiro atoms. The molecule has 3 aromatic heterocycles. The Balaban J connectivity index is 1.32. The molecular formula is C20H22N6O. The fourth-order valence-corrected chi connectivity index (χ4v) is 3.94. The fraction of sp³-hybridized carbons (Fsp3) is 0.350. The van der Waals surface area contributed by atoms with Crippen molar-refractivity contribution in [2.75, 3.05) is 18.0 Å². The summed E-state index contributed by atoms with van der Waals surface area (Å²) in [6, 6.07) is 8.38. The van der Waals surface area contributed by atoms with Crippen LogP contribution in [0.3, 0.4) is 0 Å². The van der Waals surface area contributed by atoms with Gasteiger partial charge in [-0.1, -0.05) is 6.07 Å². The maximum Gasteiger partial charge on any atom is 0.163 e. The average molecular weight is 362 g/mol. The summed E-state index contributed by atoms with van der Waals surface area (Å²) in [5, 5.41) is 6.50. The summed E-state index contributed by atoms with van der Waals surface area (Å²) in [5.41, 5.74) is 2.07. The molecule has 0 aliphatic carbocycles. The number of rotatable bonds is 3. The lowest BCUT2D eigenvalue weighted by Crippen LogP contribution is -2.38. The smallest absolute Gasteiger partial charge is 0.163 e. The number of hydrogen-bond acceptors (Lipinski definition) is 5. The Hall–Kier alpha value is -3.09. The van der Waals surface area contributed by atoms with Crippen LogP contribution in [-0.4, -0.2) is 43.5 Å². The molecule has 1 fully saturated rings. The number of hydrogen-bond donors (Lipinski definition) is 0. The van der Waals surface area contributed by atoms with Gasteiger partial charge in [0.15, 0.2) is 5.65 Å². The van der Waals surface area contributed by atoms with E-state index in [0.29, 0.717) is 0 Å². The van der Waals surface area contributed by atoms with Crippen LogP contribution in [-0.2, 0) is 14.1 Å². The molecule has 0 unspecified atom stereocenters. The van der Waals surface area contributed by atoms with E-state index in [-0.39, 0.29) is 6.10 Å². The zero-order chi connectivity index (χ0) is 18.4. The van der Waals surface area contributed by atoms with Crippen LogP contribution in [0.2, 0.25) is 0 Å². The van der Waals surface area contributed by atoms with Crippen LogP contribution < -0.4 is 9.64 Å².